The van der Waals surface area contributed by atoms with Crippen LogP contribution in [-0.2, 0) is 21.0 Å². The quantitative estimate of drug-likeness (QED) is 0.401. The number of likely N-dealkylation sites (tertiary alicyclic amines) is 1. The first-order valence-electron chi connectivity index (χ1n) is 14.4. The van der Waals surface area contributed by atoms with Crippen molar-refractivity contribution < 1.29 is 33.8 Å². The van der Waals surface area contributed by atoms with E-state index in [1.165, 1.54) is 10.6 Å². The molecule has 1 N–H and O–H groups in total. The first-order valence-corrected chi connectivity index (χ1v) is 14.4. The maximum absolute atomic E-state index is 13.3. The zero-order valence-corrected chi connectivity index (χ0v) is 24.2. The number of aliphatic carboxylic acids is 1. The second kappa shape index (κ2) is 14.3. The fraction of sp³-hybridized carbons (Fsp3) is 0.516. The van der Waals surface area contributed by atoms with E-state index in [0.29, 0.717) is 32.8 Å². The summed E-state index contributed by atoms with van der Waals surface area (Å²) < 4.78 is 11.1. The summed E-state index contributed by atoms with van der Waals surface area (Å²) in [6.45, 7) is 8.96. The third kappa shape index (κ3) is 7.77. The predicted octanol–water partition coefficient (Wildman–Crippen LogP) is 4.29. The second-order valence-corrected chi connectivity index (χ2v) is 10.6. The van der Waals surface area contributed by atoms with Gasteiger partial charge < -0.3 is 19.5 Å². The molecule has 1 fully saturated rings. The molecule has 10 nitrogen and oxygen atoms in total. The van der Waals surface area contributed by atoms with Gasteiger partial charge in [-0.3, -0.25) is 24.1 Å². The molecule has 0 radical (unpaired) electrons. The van der Waals surface area contributed by atoms with Gasteiger partial charge in [0.15, 0.2) is 11.5 Å². The van der Waals surface area contributed by atoms with Crippen LogP contribution in [0.4, 0.5) is 0 Å². The lowest BCUT2D eigenvalue weighted by Crippen LogP contribution is -2.43. The van der Waals surface area contributed by atoms with Crippen LogP contribution in [0.15, 0.2) is 42.5 Å². The molecule has 5 rings (SSSR count). The number of carboxylic acids is 1. The summed E-state index contributed by atoms with van der Waals surface area (Å²) in [5.74, 6) is 1.10. The molecule has 2 aromatic carbocycles. The highest BCUT2D eigenvalue weighted by Crippen LogP contribution is 2.39. The van der Waals surface area contributed by atoms with Gasteiger partial charge in [0.05, 0.1) is 13.2 Å². The molecule has 3 aliphatic heterocycles. The number of hydrogen-bond acceptors (Lipinski definition) is 7. The van der Waals surface area contributed by atoms with Gasteiger partial charge in [-0.25, -0.2) is 5.06 Å². The van der Waals surface area contributed by atoms with Crippen LogP contribution < -0.4 is 9.47 Å². The first kappa shape index (κ1) is 30.3. The van der Waals surface area contributed by atoms with Crippen molar-refractivity contribution in [1.29, 1.82) is 0 Å². The molecule has 0 saturated carbocycles. The Morgan fingerprint density at radius 3 is 2.59 bits per heavy atom. The third-order valence-electron chi connectivity index (χ3n) is 7.52. The smallest absolute Gasteiger partial charge is 0.300 e. The van der Waals surface area contributed by atoms with Crippen LogP contribution in [-0.4, -0.2) is 83.4 Å². The Morgan fingerprint density at radius 1 is 1.10 bits per heavy atom. The molecule has 3 heterocycles. The van der Waals surface area contributed by atoms with Gasteiger partial charge in [0.1, 0.15) is 0 Å². The van der Waals surface area contributed by atoms with E-state index in [1.807, 2.05) is 42.2 Å². The summed E-state index contributed by atoms with van der Waals surface area (Å²) in [6.07, 6.45) is 3.44. The van der Waals surface area contributed by atoms with E-state index in [0.717, 1.165) is 61.8 Å². The highest BCUT2D eigenvalue weighted by Gasteiger charge is 2.36. The molecule has 2 aromatic rings. The van der Waals surface area contributed by atoms with Gasteiger partial charge in [-0.2, -0.15) is 0 Å². The topological polar surface area (TPSA) is 109 Å². The molecule has 0 aromatic heterocycles. The van der Waals surface area contributed by atoms with Gasteiger partial charge >= 0.3 is 0 Å². The van der Waals surface area contributed by atoms with E-state index in [9.17, 15) is 9.59 Å². The largest absolute Gasteiger partial charge is 0.481 e. The molecule has 2 atom stereocenters. The van der Waals surface area contributed by atoms with Gasteiger partial charge in [-0.05, 0) is 60.9 Å². The van der Waals surface area contributed by atoms with Crippen molar-refractivity contribution in [3.05, 3.63) is 59.2 Å². The zero-order valence-electron chi connectivity index (χ0n) is 24.2. The third-order valence-corrected chi connectivity index (χ3v) is 7.52. The summed E-state index contributed by atoms with van der Waals surface area (Å²) in [4.78, 5) is 45.2. The van der Waals surface area contributed by atoms with Gasteiger partial charge in [0, 0.05) is 44.7 Å². The van der Waals surface area contributed by atoms with E-state index in [-0.39, 0.29) is 30.6 Å². The summed E-state index contributed by atoms with van der Waals surface area (Å²) in [7, 11) is 0. The normalized spacial score (nSPS) is 19.1. The molecule has 1 saturated heterocycles. The molecule has 2 amide bonds. The second-order valence-electron chi connectivity index (χ2n) is 10.6. The van der Waals surface area contributed by atoms with Crippen molar-refractivity contribution >= 4 is 17.8 Å². The summed E-state index contributed by atoms with van der Waals surface area (Å²) in [5, 5.41) is 8.95. The van der Waals surface area contributed by atoms with E-state index in [2.05, 4.69) is 24.0 Å². The molecule has 0 spiro atoms. The highest BCUT2D eigenvalue weighted by molar-refractivity contribution is 5.98. The number of benzene rings is 2. The molecule has 0 bridgehead atoms. The number of carbonyl (C=O) groups excluding carboxylic acids is 2. The van der Waals surface area contributed by atoms with Gasteiger partial charge in [-0.1, -0.05) is 38.1 Å². The average molecular weight is 568 g/mol. The van der Waals surface area contributed by atoms with Crippen LogP contribution in [0.3, 0.4) is 0 Å². The number of carbonyl (C=O) groups is 3. The Morgan fingerprint density at radius 2 is 1.85 bits per heavy atom. The van der Waals surface area contributed by atoms with E-state index in [4.69, 9.17) is 24.2 Å². The standard InChI is InChI=1S/C29H37N3O5.C2H4O2/c1-3-12-32(37-14-4-2)28(33)19-31-18-23(21-9-10-26-27(16-21)36-20-35-26)15-24(31)11-13-30-17-22-7-5-6-8-25(22)29(30)34;1-2(3)4/h5-10,16,23-24H,3-4,11-15,17-20H2,1-2H3;1H3,(H,3,4)/t23-,24+;/m1./s1. The number of hydroxylamine groups is 2. The summed E-state index contributed by atoms with van der Waals surface area (Å²) >= 11 is 0. The van der Waals surface area contributed by atoms with Gasteiger partial charge in [0.25, 0.3) is 17.8 Å². The molecule has 0 aliphatic carbocycles. The van der Waals surface area contributed by atoms with Crippen molar-refractivity contribution in [2.24, 2.45) is 0 Å². The molecule has 222 valence electrons. The van der Waals surface area contributed by atoms with Crippen LogP contribution in [0.5, 0.6) is 11.5 Å². The Labute approximate surface area is 241 Å². The molecule has 10 heteroatoms. The zero-order chi connectivity index (χ0) is 29.4. The molecular weight excluding hydrogens is 526 g/mol. The van der Waals surface area contributed by atoms with Crippen LogP contribution in [0, 0.1) is 0 Å². The average Bonchev–Trinajstić information content (AvgIpc) is 3.66. The van der Waals surface area contributed by atoms with Crippen LogP contribution in [0.2, 0.25) is 0 Å². The molecule has 3 aliphatic rings. The maximum atomic E-state index is 13.3. The molecule has 41 heavy (non-hydrogen) atoms. The predicted molar refractivity (Wildman–Crippen MR) is 153 cm³/mol. The highest BCUT2D eigenvalue weighted by atomic mass is 16.7. The number of amides is 2. The molecular formula is C31H41N3O7. The van der Waals surface area contributed by atoms with Gasteiger partial charge in [-0.15, -0.1) is 0 Å². The Balaban J connectivity index is 0.000000909. The van der Waals surface area contributed by atoms with Crippen molar-refractivity contribution in [1.82, 2.24) is 14.9 Å². The van der Waals surface area contributed by atoms with Crippen LogP contribution in [0.25, 0.3) is 0 Å². The van der Waals surface area contributed by atoms with E-state index in [1.54, 1.807) is 0 Å². The van der Waals surface area contributed by atoms with Crippen molar-refractivity contribution in [2.45, 2.75) is 65.0 Å². The number of hydrogen-bond donors (Lipinski definition) is 1. The monoisotopic (exact) mass is 567 g/mol. The first-order chi connectivity index (χ1) is 19.8. The maximum Gasteiger partial charge on any atom is 0.300 e. The number of fused-ring (bicyclic) bond motifs is 2. The van der Waals surface area contributed by atoms with Crippen molar-refractivity contribution in [3.63, 3.8) is 0 Å². The summed E-state index contributed by atoms with van der Waals surface area (Å²) in [5.41, 5.74) is 3.09. The number of ether oxygens (including phenoxy) is 2. The fourth-order valence-corrected chi connectivity index (χ4v) is 5.61. The lowest BCUT2D eigenvalue weighted by molar-refractivity contribution is -0.188. The Hall–Kier alpha value is -3.63. The minimum atomic E-state index is -0.833. The van der Waals surface area contributed by atoms with Crippen molar-refractivity contribution in [2.75, 3.05) is 39.6 Å². The Kier molecular flexibility index (Phi) is 10.6. The number of rotatable bonds is 11. The van der Waals surface area contributed by atoms with Crippen LogP contribution in [0.1, 0.15) is 73.9 Å². The Bertz CT molecular complexity index is 1220. The van der Waals surface area contributed by atoms with Gasteiger partial charge in [0.2, 0.25) is 6.79 Å². The van der Waals surface area contributed by atoms with E-state index >= 15 is 0 Å². The minimum absolute atomic E-state index is 0.00343. The molecule has 0 unspecified atom stereocenters. The number of carboxylic acid groups (broad SMARTS) is 1. The number of nitrogens with zero attached hydrogens (tertiary/aromatic N) is 3. The van der Waals surface area contributed by atoms with Crippen LogP contribution >= 0.6 is 0 Å². The fourth-order valence-electron chi connectivity index (χ4n) is 5.61. The lowest BCUT2D eigenvalue weighted by atomic mass is 9.95. The van der Waals surface area contributed by atoms with Crippen molar-refractivity contribution in [3.8, 4) is 11.5 Å². The summed E-state index contributed by atoms with van der Waals surface area (Å²) in [6, 6.07) is 14.2. The minimum Gasteiger partial charge on any atom is -0.481 e. The lowest BCUT2D eigenvalue weighted by Gasteiger charge is -2.28. The van der Waals surface area contributed by atoms with E-state index < -0.39 is 5.97 Å². The SMILES string of the molecule is CC(=O)O.CCCON(CCC)C(=O)CN1C[C@H](c2ccc3c(c2)OCO3)C[C@@H]1CCN1Cc2ccccc2C1=O.